The third-order valence-electron chi connectivity index (χ3n) is 4.58. The normalized spacial score (nSPS) is 18.9. The molecule has 2 atom stereocenters. The van der Waals surface area contributed by atoms with Gasteiger partial charge in [-0.15, -0.1) is 0 Å². The molecule has 25 heavy (non-hydrogen) atoms. The molecule has 4 rings (SSSR count). The standard InChI is InChI=1S/C20H18ClNO3/c21-19-8-2-1-7-16(19)17-11-18(17)20(23)22(12-14-5-3-9-24-14)13-15-6-4-10-25-15/h1-10,17-18H,11-13H2. The fraction of sp³-hybridized carbons (Fsp3) is 0.250. The number of hydrogen-bond acceptors (Lipinski definition) is 3. The molecule has 1 saturated carbocycles. The lowest BCUT2D eigenvalue weighted by atomic mass is 10.1. The minimum atomic E-state index is -0.0372. The van der Waals surface area contributed by atoms with E-state index in [-0.39, 0.29) is 17.7 Å². The van der Waals surface area contributed by atoms with E-state index in [0.29, 0.717) is 13.1 Å². The minimum Gasteiger partial charge on any atom is -0.467 e. The summed E-state index contributed by atoms with van der Waals surface area (Å²) in [5, 5.41) is 0.728. The first-order valence-corrected chi connectivity index (χ1v) is 8.68. The van der Waals surface area contributed by atoms with Gasteiger partial charge in [-0.25, -0.2) is 0 Å². The van der Waals surface area contributed by atoms with Crippen LogP contribution in [0.2, 0.25) is 5.02 Å². The van der Waals surface area contributed by atoms with Gasteiger partial charge in [-0.3, -0.25) is 4.79 Å². The van der Waals surface area contributed by atoms with Gasteiger partial charge in [0.1, 0.15) is 11.5 Å². The molecule has 1 aliphatic carbocycles. The Morgan fingerprint density at radius 2 is 1.64 bits per heavy atom. The maximum Gasteiger partial charge on any atom is 0.227 e. The van der Waals surface area contributed by atoms with Gasteiger partial charge < -0.3 is 13.7 Å². The van der Waals surface area contributed by atoms with Crippen molar-refractivity contribution < 1.29 is 13.6 Å². The molecule has 4 nitrogen and oxygen atoms in total. The molecule has 1 aromatic carbocycles. The number of halogens is 1. The first-order chi connectivity index (χ1) is 12.2. The number of carbonyl (C=O) groups is 1. The Labute approximate surface area is 151 Å². The summed E-state index contributed by atoms with van der Waals surface area (Å²) in [5.41, 5.74) is 1.05. The number of furan rings is 2. The molecular weight excluding hydrogens is 338 g/mol. The lowest BCUT2D eigenvalue weighted by molar-refractivity contribution is -0.134. The van der Waals surface area contributed by atoms with Gasteiger partial charge >= 0.3 is 0 Å². The first-order valence-electron chi connectivity index (χ1n) is 8.30. The van der Waals surface area contributed by atoms with Crippen LogP contribution in [0, 0.1) is 5.92 Å². The van der Waals surface area contributed by atoms with E-state index in [0.717, 1.165) is 28.5 Å². The van der Waals surface area contributed by atoms with E-state index in [2.05, 4.69) is 0 Å². The summed E-state index contributed by atoms with van der Waals surface area (Å²) in [4.78, 5) is 14.8. The molecule has 3 aromatic rings. The van der Waals surface area contributed by atoms with E-state index in [1.165, 1.54) is 0 Å². The summed E-state index contributed by atoms with van der Waals surface area (Å²) in [6, 6.07) is 15.2. The van der Waals surface area contributed by atoms with Crippen molar-refractivity contribution in [2.45, 2.75) is 25.4 Å². The molecule has 0 N–H and O–H groups in total. The second-order valence-corrected chi connectivity index (χ2v) is 6.73. The summed E-state index contributed by atoms with van der Waals surface area (Å²) < 4.78 is 10.8. The molecule has 2 heterocycles. The minimum absolute atomic E-state index is 0.0372. The zero-order valence-electron chi connectivity index (χ0n) is 13.6. The zero-order chi connectivity index (χ0) is 17.2. The highest BCUT2D eigenvalue weighted by Crippen LogP contribution is 2.50. The molecule has 0 aliphatic heterocycles. The molecule has 0 bridgehead atoms. The van der Waals surface area contributed by atoms with Crippen molar-refractivity contribution in [2.24, 2.45) is 5.92 Å². The van der Waals surface area contributed by atoms with E-state index in [4.69, 9.17) is 20.4 Å². The molecule has 0 spiro atoms. The van der Waals surface area contributed by atoms with Crippen molar-refractivity contribution in [1.82, 2.24) is 4.90 Å². The van der Waals surface area contributed by atoms with Gasteiger partial charge in [0.05, 0.1) is 25.6 Å². The quantitative estimate of drug-likeness (QED) is 0.634. The van der Waals surface area contributed by atoms with Crippen molar-refractivity contribution >= 4 is 17.5 Å². The Hall–Kier alpha value is -2.46. The average Bonchev–Trinajstić information content (AvgIpc) is 2.99. The van der Waals surface area contributed by atoms with Crippen LogP contribution in [0.4, 0.5) is 0 Å². The highest BCUT2D eigenvalue weighted by molar-refractivity contribution is 6.31. The van der Waals surface area contributed by atoms with Crippen LogP contribution in [0.3, 0.4) is 0 Å². The van der Waals surface area contributed by atoms with Gasteiger partial charge in [-0.05, 0) is 48.2 Å². The SMILES string of the molecule is O=C(C1CC1c1ccccc1Cl)N(Cc1ccco1)Cc1ccco1. The van der Waals surface area contributed by atoms with Crippen LogP contribution in [0.1, 0.15) is 29.4 Å². The Morgan fingerprint density at radius 3 is 2.20 bits per heavy atom. The average molecular weight is 356 g/mol. The zero-order valence-corrected chi connectivity index (χ0v) is 14.4. The second kappa shape index (κ2) is 6.81. The molecule has 2 unspecified atom stereocenters. The maximum atomic E-state index is 13.1. The van der Waals surface area contributed by atoms with Gasteiger partial charge in [0, 0.05) is 10.9 Å². The summed E-state index contributed by atoms with van der Waals surface area (Å²) in [7, 11) is 0. The van der Waals surface area contributed by atoms with E-state index in [1.54, 1.807) is 17.4 Å². The first kappa shape index (κ1) is 16.0. The maximum absolute atomic E-state index is 13.1. The van der Waals surface area contributed by atoms with Crippen LogP contribution >= 0.6 is 11.6 Å². The van der Waals surface area contributed by atoms with Crippen molar-refractivity contribution in [2.75, 3.05) is 0 Å². The van der Waals surface area contributed by atoms with Crippen molar-refractivity contribution in [3.05, 3.63) is 83.2 Å². The molecule has 1 amide bonds. The highest BCUT2D eigenvalue weighted by Gasteiger charge is 2.46. The molecule has 1 fully saturated rings. The van der Waals surface area contributed by atoms with Crippen molar-refractivity contribution in [3.8, 4) is 0 Å². The van der Waals surface area contributed by atoms with Crippen LogP contribution < -0.4 is 0 Å². The molecule has 2 aromatic heterocycles. The lowest BCUT2D eigenvalue weighted by Crippen LogP contribution is -2.31. The van der Waals surface area contributed by atoms with Crippen LogP contribution in [0.5, 0.6) is 0 Å². The van der Waals surface area contributed by atoms with Crippen molar-refractivity contribution in [3.63, 3.8) is 0 Å². The number of benzene rings is 1. The number of hydrogen-bond donors (Lipinski definition) is 0. The van der Waals surface area contributed by atoms with Gasteiger partial charge in [0.25, 0.3) is 0 Å². The lowest BCUT2D eigenvalue weighted by Gasteiger charge is -2.21. The summed E-state index contributed by atoms with van der Waals surface area (Å²) in [5.74, 6) is 1.78. The fourth-order valence-corrected chi connectivity index (χ4v) is 3.49. The predicted octanol–water partition coefficient (Wildman–Crippen LogP) is 4.86. The largest absolute Gasteiger partial charge is 0.467 e. The number of carbonyl (C=O) groups excluding carboxylic acids is 1. The van der Waals surface area contributed by atoms with Gasteiger partial charge in [0.15, 0.2) is 0 Å². The summed E-state index contributed by atoms with van der Waals surface area (Å²) in [6.07, 6.45) is 4.07. The second-order valence-electron chi connectivity index (χ2n) is 6.32. The monoisotopic (exact) mass is 355 g/mol. The van der Waals surface area contributed by atoms with E-state index in [1.807, 2.05) is 48.5 Å². The molecule has 1 aliphatic rings. The Kier molecular flexibility index (Phi) is 4.36. The Bertz CT molecular complexity index is 805. The van der Waals surface area contributed by atoms with E-state index < -0.39 is 0 Å². The summed E-state index contributed by atoms with van der Waals surface area (Å²) >= 11 is 6.28. The van der Waals surface area contributed by atoms with Gasteiger partial charge in [0.2, 0.25) is 5.91 Å². The molecule has 0 saturated heterocycles. The molecule has 128 valence electrons. The van der Waals surface area contributed by atoms with Crippen LogP contribution in [-0.4, -0.2) is 10.8 Å². The molecule has 5 heteroatoms. The molecule has 0 radical (unpaired) electrons. The van der Waals surface area contributed by atoms with Gasteiger partial charge in [-0.1, -0.05) is 29.8 Å². The van der Waals surface area contributed by atoms with Crippen LogP contribution in [0.15, 0.2) is 69.9 Å². The van der Waals surface area contributed by atoms with E-state index in [9.17, 15) is 4.79 Å². The fourth-order valence-electron chi connectivity index (χ4n) is 3.22. The third-order valence-corrected chi connectivity index (χ3v) is 4.92. The van der Waals surface area contributed by atoms with Crippen LogP contribution in [0.25, 0.3) is 0 Å². The smallest absolute Gasteiger partial charge is 0.227 e. The third kappa shape index (κ3) is 3.49. The number of amides is 1. The Morgan fingerprint density at radius 1 is 1.00 bits per heavy atom. The van der Waals surface area contributed by atoms with Crippen molar-refractivity contribution in [1.29, 1.82) is 0 Å². The number of nitrogens with zero attached hydrogens (tertiary/aromatic N) is 1. The topological polar surface area (TPSA) is 46.6 Å². The van der Waals surface area contributed by atoms with Gasteiger partial charge in [-0.2, -0.15) is 0 Å². The molecular formula is C20H18ClNO3. The number of rotatable bonds is 6. The summed E-state index contributed by atoms with van der Waals surface area (Å²) in [6.45, 7) is 0.858. The van der Waals surface area contributed by atoms with Crippen LogP contribution in [-0.2, 0) is 17.9 Å². The predicted molar refractivity (Wildman–Crippen MR) is 94.0 cm³/mol. The highest BCUT2D eigenvalue weighted by atomic mass is 35.5. The Balaban J connectivity index is 1.51. The van der Waals surface area contributed by atoms with E-state index >= 15 is 0 Å².